The third kappa shape index (κ3) is 4.86. The largest absolute Gasteiger partial charge is 0.354 e. The monoisotopic (exact) mass is 381 g/mol. The summed E-state index contributed by atoms with van der Waals surface area (Å²) >= 11 is 0. The molecule has 6 heteroatoms. The number of pyridine rings is 1. The Balaban J connectivity index is 1.72. The summed E-state index contributed by atoms with van der Waals surface area (Å²) in [7, 11) is -3.68. The molecular formula is C21H23N3O2S. The molecule has 1 heterocycles. The molecule has 0 aliphatic heterocycles. The molecule has 0 spiro atoms. The first-order chi connectivity index (χ1) is 12.7. The Kier molecular flexibility index (Phi) is 5.19. The van der Waals surface area contributed by atoms with Crippen molar-refractivity contribution in [2.75, 3.05) is 10.0 Å². The lowest BCUT2D eigenvalue weighted by molar-refractivity contribution is 0.587. The Morgan fingerprint density at radius 2 is 1.48 bits per heavy atom. The number of hydrogen-bond donors (Lipinski definition) is 2. The predicted octanol–water partition coefficient (Wildman–Crippen LogP) is 4.92. The summed E-state index contributed by atoms with van der Waals surface area (Å²) in [5.74, 6) is 0.272. The topological polar surface area (TPSA) is 71.1 Å². The minimum Gasteiger partial charge on any atom is -0.354 e. The van der Waals surface area contributed by atoms with Crippen LogP contribution in [0.25, 0.3) is 0 Å². The van der Waals surface area contributed by atoms with E-state index in [1.54, 1.807) is 30.5 Å². The van der Waals surface area contributed by atoms with Crippen molar-refractivity contribution in [1.29, 1.82) is 0 Å². The zero-order chi connectivity index (χ0) is 19.5. The van der Waals surface area contributed by atoms with E-state index in [1.165, 1.54) is 0 Å². The van der Waals surface area contributed by atoms with E-state index in [4.69, 9.17) is 0 Å². The average Bonchev–Trinajstić information content (AvgIpc) is 2.63. The number of benzene rings is 2. The lowest BCUT2D eigenvalue weighted by atomic mass is 9.87. The quantitative estimate of drug-likeness (QED) is 0.658. The zero-order valence-corrected chi connectivity index (χ0v) is 16.4. The molecule has 140 valence electrons. The molecule has 0 atom stereocenters. The Labute approximate surface area is 160 Å². The highest BCUT2D eigenvalue weighted by Crippen LogP contribution is 2.24. The van der Waals surface area contributed by atoms with Gasteiger partial charge in [0.1, 0.15) is 5.82 Å². The Hall–Kier alpha value is -2.86. The van der Waals surface area contributed by atoms with E-state index in [0.717, 1.165) is 16.9 Å². The van der Waals surface area contributed by atoms with Crippen molar-refractivity contribution >= 4 is 27.2 Å². The minimum absolute atomic E-state index is 0.0289. The molecule has 2 aromatic carbocycles. The Bertz CT molecular complexity index is 992. The molecule has 0 amide bonds. The second kappa shape index (κ2) is 7.40. The number of sulfonamides is 1. The molecule has 5 nitrogen and oxygen atoms in total. The number of hydrogen-bond acceptors (Lipinski definition) is 4. The van der Waals surface area contributed by atoms with Gasteiger partial charge in [0.05, 0.1) is 16.8 Å². The van der Waals surface area contributed by atoms with Crippen molar-refractivity contribution < 1.29 is 8.42 Å². The van der Waals surface area contributed by atoms with Crippen LogP contribution < -0.4 is 10.0 Å². The molecule has 0 aliphatic carbocycles. The van der Waals surface area contributed by atoms with Crippen LogP contribution in [0.2, 0.25) is 0 Å². The molecule has 0 bridgehead atoms. The van der Waals surface area contributed by atoms with E-state index < -0.39 is 10.0 Å². The molecule has 0 unspecified atom stereocenters. The first kappa shape index (κ1) is 18.9. The van der Waals surface area contributed by atoms with Gasteiger partial charge in [-0.3, -0.25) is 4.72 Å². The van der Waals surface area contributed by atoms with Gasteiger partial charge >= 0.3 is 0 Å². The van der Waals surface area contributed by atoms with Crippen LogP contribution in [-0.4, -0.2) is 13.4 Å². The van der Waals surface area contributed by atoms with E-state index in [1.807, 2.05) is 42.5 Å². The summed E-state index contributed by atoms with van der Waals surface area (Å²) in [6.07, 6.45) is 1.59. The predicted molar refractivity (Wildman–Crippen MR) is 110 cm³/mol. The van der Waals surface area contributed by atoms with Gasteiger partial charge in [-0.1, -0.05) is 51.1 Å². The van der Waals surface area contributed by atoms with Crippen LogP contribution in [-0.2, 0) is 15.4 Å². The number of aromatic nitrogens is 1. The highest BCUT2D eigenvalue weighted by Gasteiger charge is 2.18. The number of anilines is 3. The summed E-state index contributed by atoms with van der Waals surface area (Å²) in [4.78, 5) is 4.40. The van der Waals surface area contributed by atoms with Crippen molar-refractivity contribution in [2.45, 2.75) is 31.1 Å². The number of nitrogens with zero attached hydrogens (tertiary/aromatic N) is 1. The summed E-state index contributed by atoms with van der Waals surface area (Å²) < 4.78 is 27.7. The molecule has 0 saturated heterocycles. The minimum atomic E-state index is -3.68. The molecule has 0 aliphatic rings. The summed E-state index contributed by atoms with van der Waals surface area (Å²) in [5, 5.41) is 3.21. The lowest BCUT2D eigenvalue weighted by Gasteiger charge is -2.19. The van der Waals surface area contributed by atoms with E-state index in [9.17, 15) is 8.42 Å². The second-order valence-electron chi connectivity index (χ2n) is 7.30. The highest BCUT2D eigenvalue weighted by atomic mass is 32.2. The van der Waals surface area contributed by atoms with E-state index >= 15 is 0 Å². The van der Waals surface area contributed by atoms with Crippen LogP contribution in [0.5, 0.6) is 0 Å². The van der Waals surface area contributed by atoms with Crippen molar-refractivity contribution in [3.8, 4) is 0 Å². The van der Waals surface area contributed by atoms with Crippen molar-refractivity contribution in [3.63, 3.8) is 0 Å². The van der Waals surface area contributed by atoms with Crippen LogP contribution in [0.15, 0.2) is 77.8 Å². The maximum atomic E-state index is 12.6. The summed E-state index contributed by atoms with van der Waals surface area (Å²) in [5.41, 5.74) is 2.76. The van der Waals surface area contributed by atoms with Gasteiger partial charge in [0.2, 0.25) is 0 Å². The first-order valence-corrected chi connectivity index (χ1v) is 10.1. The van der Waals surface area contributed by atoms with Gasteiger partial charge in [0, 0.05) is 5.69 Å². The average molecular weight is 382 g/mol. The zero-order valence-electron chi connectivity index (χ0n) is 15.6. The van der Waals surface area contributed by atoms with Crippen molar-refractivity contribution in [2.24, 2.45) is 0 Å². The Morgan fingerprint density at radius 1 is 0.815 bits per heavy atom. The third-order valence-corrected chi connectivity index (χ3v) is 5.47. The number of nitrogens with one attached hydrogen (secondary N) is 2. The van der Waals surface area contributed by atoms with E-state index in [2.05, 4.69) is 35.8 Å². The third-order valence-electron chi connectivity index (χ3n) is 4.10. The molecular weight excluding hydrogens is 358 g/mol. The van der Waals surface area contributed by atoms with Crippen molar-refractivity contribution in [3.05, 3.63) is 78.5 Å². The van der Waals surface area contributed by atoms with Gasteiger partial charge in [0.15, 0.2) is 0 Å². The SMILES string of the molecule is CC(C)(C)c1ccc(S(=O)(=O)Nc2ccc(Nc3ccccc3)cn2)cc1. The maximum Gasteiger partial charge on any atom is 0.263 e. The van der Waals surface area contributed by atoms with Crippen molar-refractivity contribution in [1.82, 2.24) is 4.98 Å². The van der Waals surface area contributed by atoms with E-state index in [-0.39, 0.29) is 16.1 Å². The summed E-state index contributed by atoms with van der Waals surface area (Å²) in [6.45, 7) is 6.26. The highest BCUT2D eigenvalue weighted by molar-refractivity contribution is 7.92. The van der Waals surface area contributed by atoms with Gasteiger partial charge in [-0.2, -0.15) is 0 Å². The molecule has 0 saturated carbocycles. The standard InChI is InChI=1S/C21H23N3O2S/c1-21(2,3)16-9-12-19(13-10-16)27(25,26)24-20-14-11-18(15-22-20)23-17-7-5-4-6-8-17/h4-15,23H,1-3H3,(H,22,24). The van der Waals surface area contributed by atoms with Gasteiger partial charge < -0.3 is 5.32 Å². The molecule has 3 aromatic rings. The summed E-state index contributed by atoms with van der Waals surface area (Å²) in [6, 6.07) is 20.0. The smallest absolute Gasteiger partial charge is 0.263 e. The Morgan fingerprint density at radius 3 is 2.04 bits per heavy atom. The van der Waals surface area contributed by atoms with Gasteiger partial charge in [-0.25, -0.2) is 13.4 Å². The van der Waals surface area contributed by atoms with E-state index in [0.29, 0.717) is 0 Å². The van der Waals surface area contributed by atoms with Gasteiger partial charge in [0.25, 0.3) is 10.0 Å². The van der Waals surface area contributed by atoms with Crippen LogP contribution in [0, 0.1) is 0 Å². The number of rotatable bonds is 5. The van der Waals surface area contributed by atoms with Gasteiger partial charge in [-0.15, -0.1) is 0 Å². The van der Waals surface area contributed by atoms with Crippen LogP contribution in [0.3, 0.4) is 0 Å². The lowest BCUT2D eigenvalue weighted by Crippen LogP contribution is -2.15. The molecule has 3 rings (SSSR count). The molecule has 27 heavy (non-hydrogen) atoms. The fourth-order valence-electron chi connectivity index (χ4n) is 2.55. The molecule has 0 radical (unpaired) electrons. The van der Waals surface area contributed by atoms with Gasteiger partial charge in [-0.05, 0) is 47.4 Å². The fourth-order valence-corrected chi connectivity index (χ4v) is 3.56. The normalized spacial score (nSPS) is 11.8. The maximum absolute atomic E-state index is 12.6. The fraction of sp³-hybridized carbons (Fsp3) is 0.190. The number of para-hydroxylation sites is 1. The molecule has 2 N–H and O–H groups in total. The first-order valence-electron chi connectivity index (χ1n) is 8.65. The molecule has 0 fully saturated rings. The van der Waals surface area contributed by atoms with Crippen LogP contribution >= 0.6 is 0 Å². The molecule has 1 aromatic heterocycles. The second-order valence-corrected chi connectivity index (χ2v) is 8.99. The van der Waals surface area contributed by atoms with Crippen LogP contribution in [0.1, 0.15) is 26.3 Å². The van der Waals surface area contributed by atoms with Crippen LogP contribution in [0.4, 0.5) is 17.2 Å².